The first-order valence-corrected chi connectivity index (χ1v) is 9.97. The number of amides is 1. The van der Waals surface area contributed by atoms with Gasteiger partial charge < -0.3 is 20.5 Å². The van der Waals surface area contributed by atoms with Gasteiger partial charge in [-0.25, -0.2) is 4.79 Å². The highest BCUT2D eigenvalue weighted by Gasteiger charge is 2.19. The molecule has 0 heterocycles. The molecular formula is C22H27N3O6. The van der Waals surface area contributed by atoms with Crippen molar-refractivity contribution in [2.75, 3.05) is 31.6 Å². The van der Waals surface area contributed by atoms with E-state index < -0.39 is 23.4 Å². The number of anilines is 1. The van der Waals surface area contributed by atoms with Crippen molar-refractivity contribution in [3.63, 3.8) is 0 Å². The van der Waals surface area contributed by atoms with Crippen LogP contribution in [0, 0.1) is 10.1 Å². The van der Waals surface area contributed by atoms with Crippen LogP contribution in [0.1, 0.15) is 41.3 Å². The van der Waals surface area contributed by atoms with Gasteiger partial charge >= 0.3 is 5.97 Å². The molecule has 2 aromatic carbocycles. The number of aliphatic hydroxyl groups is 1. The zero-order chi connectivity index (χ0) is 22.8. The van der Waals surface area contributed by atoms with Crippen LogP contribution in [0.5, 0.6) is 0 Å². The summed E-state index contributed by atoms with van der Waals surface area (Å²) in [6.07, 6.45) is 0.637. The van der Waals surface area contributed by atoms with Crippen LogP contribution in [-0.2, 0) is 16.0 Å². The molecule has 0 aromatic heterocycles. The first kappa shape index (κ1) is 23.8. The molecule has 0 spiro atoms. The van der Waals surface area contributed by atoms with Gasteiger partial charge in [-0.15, -0.1) is 0 Å². The molecule has 2 rings (SSSR count). The number of hydrogen-bond acceptors (Lipinski definition) is 7. The maximum Gasteiger partial charge on any atom is 0.341 e. The minimum atomic E-state index is -0.872. The van der Waals surface area contributed by atoms with Gasteiger partial charge in [0.1, 0.15) is 0 Å². The lowest BCUT2D eigenvalue weighted by molar-refractivity contribution is -0.384. The molecule has 3 N–H and O–H groups in total. The van der Waals surface area contributed by atoms with Gasteiger partial charge in [-0.05, 0) is 29.5 Å². The van der Waals surface area contributed by atoms with Crippen molar-refractivity contribution in [3.8, 4) is 0 Å². The van der Waals surface area contributed by atoms with E-state index in [1.54, 1.807) is 0 Å². The Balaban J connectivity index is 1.87. The second kappa shape index (κ2) is 11.7. The Morgan fingerprint density at radius 1 is 1.13 bits per heavy atom. The minimum Gasteiger partial charge on any atom is -0.452 e. The predicted molar refractivity (Wildman–Crippen MR) is 116 cm³/mol. The van der Waals surface area contributed by atoms with Crippen molar-refractivity contribution in [2.45, 2.75) is 26.2 Å². The molecular weight excluding hydrogens is 402 g/mol. The largest absolute Gasteiger partial charge is 0.452 e. The third-order valence-corrected chi connectivity index (χ3v) is 4.58. The predicted octanol–water partition coefficient (Wildman–Crippen LogP) is 2.64. The minimum absolute atomic E-state index is 0.0827. The maximum absolute atomic E-state index is 12.4. The summed E-state index contributed by atoms with van der Waals surface area (Å²) in [5, 5.41) is 25.4. The highest BCUT2D eigenvalue weighted by Crippen LogP contribution is 2.23. The maximum atomic E-state index is 12.4. The Kier molecular flexibility index (Phi) is 8.95. The van der Waals surface area contributed by atoms with Crippen molar-refractivity contribution in [1.29, 1.82) is 0 Å². The van der Waals surface area contributed by atoms with Crippen LogP contribution in [0.25, 0.3) is 0 Å². The number of carbonyl (C=O) groups excluding carboxylic acids is 2. The summed E-state index contributed by atoms with van der Waals surface area (Å²) < 4.78 is 5.01. The molecule has 166 valence electrons. The summed E-state index contributed by atoms with van der Waals surface area (Å²) in [5.41, 5.74) is 2.23. The van der Waals surface area contributed by atoms with Crippen LogP contribution in [0.4, 0.5) is 11.4 Å². The van der Waals surface area contributed by atoms with E-state index in [0.29, 0.717) is 18.9 Å². The lowest BCUT2D eigenvalue weighted by Gasteiger charge is -2.11. The number of benzene rings is 2. The normalized spacial score (nSPS) is 10.6. The van der Waals surface area contributed by atoms with Crippen molar-refractivity contribution >= 4 is 23.3 Å². The van der Waals surface area contributed by atoms with Gasteiger partial charge in [0.2, 0.25) is 0 Å². The number of nitro groups is 1. The summed E-state index contributed by atoms with van der Waals surface area (Å²) >= 11 is 0. The number of carbonyl (C=O) groups is 2. The molecule has 0 bridgehead atoms. The summed E-state index contributed by atoms with van der Waals surface area (Å²) in [6.45, 7) is 4.08. The quantitative estimate of drug-likeness (QED) is 0.284. The number of esters is 1. The summed E-state index contributed by atoms with van der Waals surface area (Å²) in [4.78, 5) is 34.7. The zero-order valence-corrected chi connectivity index (χ0v) is 17.6. The third kappa shape index (κ3) is 7.38. The highest BCUT2D eigenvalue weighted by atomic mass is 16.6. The Hall–Kier alpha value is -3.46. The van der Waals surface area contributed by atoms with Crippen molar-refractivity contribution in [3.05, 3.63) is 69.3 Å². The molecule has 31 heavy (non-hydrogen) atoms. The van der Waals surface area contributed by atoms with Gasteiger partial charge in [0.05, 0.1) is 17.1 Å². The van der Waals surface area contributed by atoms with Crippen LogP contribution < -0.4 is 10.6 Å². The average Bonchev–Trinajstić information content (AvgIpc) is 2.76. The number of nitro benzene ring substituents is 1. The molecule has 0 unspecified atom stereocenters. The number of non-ortho nitro benzene ring substituents is 1. The first-order valence-electron chi connectivity index (χ1n) is 9.97. The fourth-order valence-corrected chi connectivity index (χ4v) is 2.83. The smallest absolute Gasteiger partial charge is 0.341 e. The number of nitrogens with zero attached hydrogens (tertiary/aromatic N) is 1. The summed E-state index contributed by atoms with van der Waals surface area (Å²) in [6, 6.07) is 11.8. The second-order valence-corrected chi connectivity index (χ2v) is 7.21. The van der Waals surface area contributed by atoms with Gasteiger partial charge in [0, 0.05) is 30.9 Å². The molecule has 9 nitrogen and oxygen atoms in total. The fraction of sp³-hybridized carbons (Fsp3) is 0.364. The number of aliphatic hydroxyl groups excluding tert-OH is 1. The molecule has 0 aliphatic rings. The van der Waals surface area contributed by atoms with E-state index >= 15 is 0 Å². The van der Waals surface area contributed by atoms with Crippen LogP contribution >= 0.6 is 0 Å². The molecule has 1 amide bonds. The van der Waals surface area contributed by atoms with E-state index in [1.165, 1.54) is 17.7 Å². The molecule has 9 heteroatoms. The van der Waals surface area contributed by atoms with Crippen molar-refractivity contribution in [1.82, 2.24) is 5.32 Å². The number of ether oxygens (including phenoxy) is 1. The monoisotopic (exact) mass is 429 g/mol. The topological polar surface area (TPSA) is 131 Å². The lowest BCUT2D eigenvalue weighted by Crippen LogP contribution is -2.30. The Labute approximate surface area is 180 Å². The fourth-order valence-electron chi connectivity index (χ4n) is 2.83. The van der Waals surface area contributed by atoms with Crippen LogP contribution in [0.3, 0.4) is 0 Å². The van der Waals surface area contributed by atoms with E-state index in [-0.39, 0.29) is 30.1 Å². The van der Waals surface area contributed by atoms with Crippen molar-refractivity contribution < 1.29 is 24.4 Å². The molecule has 0 radical (unpaired) electrons. The van der Waals surface area contributed by atoms with Gasteiger partial charge in [-0.2, -0.15) is 0 Å². The SMILES string of the molecule is CC(C)c1ccc(CCNC(=O)COC(=O)c2cc([N+](=O)[O-])ccc2NCCO)cc1. The van der Waals surface area contributed by atoms with Crippen LogP contribution in [0.15, 0.2) is 42.5 Å². The van der Waals surface area contributed by atoms with Gasteiger partial charge in [-0.3, -0.25) is 14.9 Å². The van der Waals surface area contributed by atoms with E-state index in [2.05, 4.69) is 36.6 Å². The Morgan fingerprint density at radius 2 is 1.84 bits per heavy atom. The lowest BCUT2D eigenvalue weighted by atomic mass is 10.0. The average molecular weight is 429 g/mol. The van der Waals surface area contributed by atoms with E-state index in [1.807, 2.05) is 12.1 Å². The second-order valence-electron chi connectivity index (χ2n) is 7.21. The first-order chi connectivity index (χ1) is 14.8. The van der Waals surface area contributed by atoms with Gasteiger partial charge in [-0.1, -0.05) is 38.1 Å². The molecule has 0 saturated carbocycles. The summed E-state index contributed by atoms with van der Waals surface area (Å²) in [5.74, 6) is -0.889. The van der Waals surface area contributed by atoms with Crippen LogP contribution in [-0.4, -0.2) is 48.2 Å². The Morgan fingerprint density at radius 3 is 2.45 bits per heavy atom. The molecule has 0 atom stereocenters. The Bertz CT molecular complexity index is 912. The third-order valence-electron chi connectivity index (χ3n) is 4.58. The highest BCUT2D eigenvalue weighted by molar-refractivity contribution is 5.97. The number of nitrogens with one attached hydrogen (secondary N) is 2. The standard InChI is InChI=1S/C22H27N3O6/c1-15(2)17-5-3-16(4-6-17)9-10-24-21(27)14-31-22(28)19-13-18(25(29)30)7-8-20(19)23-11-12-26/h3-8,13,15,23,26H,9-12,14H2,1-2H3,(H,24,27). The van der Waals surface area contributed by atoms with Crippen LogP contribution in [0.2, 0.25) is 0 Å². The summed E-state index contributed by atoms with van der Waals surface area (Å²) in [7, 11) is 0. The van der Waals surface area contributed by atoms with Crippen molar-refractivity contribution in [2.24, 2.45) is 0 Å². The molecule has 0 fully saturated rings. The van der Waals surface area contributed by atoms with E-state index in [9.17, 15) is 19.7 Å². The van der Waals surface area contributed by atoms with Gasteiger partial charge in [0.25, 0.3) is 11.6 Å². The van der Waals surface area contributed by atoms with E-state index in [0.717, 1.165) is 11.6 Å². The number of rotatable bonds is 11. The number of hydrogen-bond donors (Lipinski definition) is 3. The van der Waals surface area contributed by atoms with E-state index in [4.69, 9.17) is 9.84 Å². The molecule has 2 aromatic rings. The molecule has 0 saturated heterocycles. The molecule has 0 aliphatic heterocycles. The molecule has 0 aliphatic carbocycles. The van der Waals surface area contributed by atoms with Gasteiger partial charge in [0.15, 0.2) is 6.61 Å². The zero-order valence-electron chi connectivity index (χ0n) is 17.6.